The molecule has 3 aromatic rings. The number of hydrogen-bond donors (Lipinski definition) is 1. The van der Waals surface area contributed by atoms with Gasteiger partial charge in [-0.25, -0.2) is 18.4 Å². The van der Waals surface area contributed by atoms with Gasteiger partial charge in [-0.05, 0) is 25.1 Å². The number of thioether (sulfide) groups is 2. The van der Waals surface area contributed by atoms with E-state index in [4.69, 9.17) is 0 Å². The minimum absolute atomic E-state index is 0.0610. The Morgan fingerprint density at radius 2 is 1.82 bits per heavy atom. The van der Waals surface area contributed by atoms with Crippen LogP contribution in [0.5, 0.6) is 0 Å². The lowest BCUT2D eigenvalue weighted by Gasteiger charge is -2.35. The minimum Gasteiger partial charge on any atom is -0.382 e. The molecule has 0 saturated heterocycles. The zero-order valence-corrected chi connectivity index (χ0v) is 20.5. The van der Waals surface area contributed by atoms with Gasteiger partial charge >= 0.3 is 0 Å². The molecule has 3 rings (SSSR count). The number of Topliss-reactive ketones (excluding diaryl/α,β-unsaturated/α-hetero) is 1. The maximum Gasteiger partial charge on any atom is 0.175 e. The summed E-state index contributed by atoms with van der Waals surface area (Å²) in [5, 5.41) is 15.0. The molecule has 1 N–H and O–H groups in total. The molecule has 0 aliphatic rings. The van der Waals surface area contributed by atoms with Crippen LogP contribution >= 0.6 is 23.5 Å². The van der Waals surface area contributed by atoms with E-state index in [0.29, 0.717) is 10.8 Å². The van der Waals surface area contributed by atoms with Crippen LogP contribution in [0, 0.1) is 11.6 Å². The molecule has 1 aromatic heterocycles. The van der Waals surface area contributed by atoms with E-state index in [1.807, 2.05) is 12.1 Å². The molecule has 0 radical (unpaired) electrons. The number of carbonyl (C=O) groups excluding carboxylic acids is 1. The number of benzene rings is 2. The number of nitrogens with zero attached hydrogens (tertiary/aromatic N) is 3. The van der Waals surface area contributed by atoms with E-state index in [2.05, 4.69) is 23.9 Å². The largest absolute Gasteiger partial charge is 0.382 e. The van der Waals surface area contributed by atoms with Crippen LogP contribution in [0.1, 0.15) is 43.6 Å². The number of rotatable bonds is 10. The summed E-state index contributed by atoms with van der Waals surface area (Å²) in [6.45, 7) is 7.59. The van der Waals surface area contributed by atoms with Crippen molar-refractivity contribution in [2.24, 2.45) is 0 Å². The second kappa shape index (κ2) is 10.8. The summed E-state index contributed by atoms with van der Waals surface area (Å²) < 4.78 is 29.6. The van der Waals surface area contributed by atoms with E-state index < -0.39 is 27.7 Å². The Balaban J connectivity index is 1.82. The van der Waals surface area contributed by atoms with Crippen LogP contribution in [-0.2, 0) is 12.1 Å². The van der Waals surface area contributed by atoms with Crippen molar-refractivity contribution < 1.29 is 18.7 Å². The van der Waals surface area contributed by atoms with Crippen molar-refractivity contribution >= 4 is 29.3 Å². The van der Waals surface area contributed by atoms with Gasteiger partial charge in [0.1, 0.15) is 29.9 Å². The molecule has 33 heavy (non-hydrogen) atoms. The molecular formula is C24H27F2N3O2S2. The SMILES string of the molecule is CC(C)Sc1ccc(C(=O)C(C)S[C@H](C)[C@](O)(Cn2cncn2)c2ccc(F)cc2F)cc1. The fourth-order valence-electron chi connectivity index (χ4n) is 3.52. The Kier molecular flexibility index (Phi) is 8.31. The van der Waals surface area contributed by atoms with Crippen molar-refractivity contribution in [1.82, 2.24) is 14.8 Å². The predicted molar refractivity (Wildman–Crippen MR) is 129 cm³/mol. The van der Waals surface area contributed by atoms with Crippen molar-refractivity contribution in [3.05, 3.63) is 77.9 Å². The third kappa shape index (κ3) is 6.22. The zero-order chi connectivity index (χ0) is 24.2. The van der Waals surface area contributed by atoms with Crippen molar-refractivity contribution in [2.45, 2.75) is 60.5 Å². The highest BCUT2D eigenvalue weighted by Gasteiger charge is 2.41. The third-order valence-electron chi connectivity index (χ3n) is 5.23. The molecule has 9 heteroatoms. The quantitative estimate of drug-likeness (QED) is 0.305. The van der Waals surface area contributed by atoms with E-state index >= 15 is 0 Å². The number of aliphatic hydroxyl groups is 1. The average Bonchev–Trinajstić information content (AvgIpc) is 3.25. The Labute approximate surface area is 201 Å². The number of aromatic nitrogens is 3. The van der Waals surface area contributed by atoms with Crippen molar-refractivity contribution in [1.29, 1.82) is 0 Å². The Morgan fingerprint density at radius 3 is 2.39 bits per heavy atom. The number of ketones is 1. The first-order chi connectivity index (χ1) is 15.6. The predicted octanol–water partition coefficient (Wildman–Crippen LogP) is 5.34. The molecule has 2 aromatic carbocycles. The van der Waals surface area contributed by atoms with Gasteiger partial charge < -0.3 is 5.11 Å². The fraction of sp³-hybridized carbons (Fsp3) is 0.375. The summed E-state index contributed by atoms with van der Waals surface area (Å²) in [6, 6.07) is 10.5. The number of hydrogen-bond acceptors (Lipinski definition) is 6. The van der Waals surface area contributed by atoms with Crippen molar-refractivity contribution in [2.75, 3.05) is 0 Å². The summed E-state index contributed by atoms with van der Waals surface area (Å²) in [7, 11) is 0. The highest BCUT2D eigenvalue weighted by Crippen LogP contribution is 2.38. The summed E-state index contributed by atoms with van der Waals surface area (Å²) in [5.74, 6) is -1.68. The van der Waals surface area contributed by atoms with Gasteiger partial charge in [-0.2, -0.15) is 5.10 Å². The molecule has 1 unspecified atom stereocenters. The van der Waals surface area contributed by atoms with E-state index in [9.17, 15) is 18.7 Å². The smallest absolute Gasteiger partial charge is 0.175 e. The number of halogens is 2. The van der Waals surface area contributed by atoms with Gasteiger partial charge in [0.25, 0.3) is 0 Å². The monoisotopic (exact) mass is 491 g/mol. The van der Waals surface area contributed by atoms with Crippen molar-refractivity contribution in [3.63, 3.8) is 0 Å². The average molecular weight is 492 g/mol. The molecule has 0 bridgehead atoms. The molecule has 3 atom stereocenters. The summed E-state index contributed by atoms with van der Waals surface area (Å²) in [5.41, 5.74) is -1.25. The highest BCUT2D eigenvalue weighted by molar-refractivity contribution is 8.01. The summed E-state index contributed by atoms with van der Waals surface area (Å²) >= 11 is 2.94. The van der Waals surface area contributed by atoms with Gasteiger partial charge in [-0.15, -0.1) is 23.5 Å². The first-order valence-electron chi connectivity index (χ1n) is 10.6. The second-order valence-corrected chi connectivity index (χ2v) is 11.5. The van der Waals surface area contributed by atoms with Crippen LogP contribution in [0.2, 0.25) is 0 Å². The second-order valence-electron chi connectivity index (χ2n) is 8.12. The molecule has 0 spiro atoms. The van der Waals surface area contributed by atoms with Crippen LogP contribution in [0.4, 0.5) is 8.78 Å². The lowest BCUT2D eigenvalue weighted by Crippen LogP contribution is -2.42. The van der Waals surface area contributed by atoms with E-state index in [1.165, 1.54) is 35.2 Å². The van der Waals surface area contributed by atoms with Crippen LogP contribution in [-0.4, -0.2) is 41.4 Å². The Bertz CT molecular complexity index is 1080. The highest BCUT2D eigenvalue weighted by atomic mass is 32.2. The third-order valence-corrected chi connectivity index (χ3v) is 7.66. The Hall–Kier alpha value is -2.23. The normalized spacial score (nSPS) is 15.3. The molecule has 0 saturated carbocycles. The maximum absolute atomic E-state index is 14.7. The van der Waals surface area contributed by atoms with Gasteiger partial charge in [0.15, 0.2) is 5.78 Å². The standard InChI is InChI=1S/C24H27F2N3O2S2/c1-15(2)32-20-8-5-18(6-9-20)23(30)16(3)33-17(4)24(31,12-29-14-27-13-28-29)21-10-7-19(25)11-22(21)26/h5-11,13-17,31H,12H2,1-4H3/t16?,17-,24-/m1/s1. The first kappa shape index (κ1) is 25.4. The maximum atomic E-state index is 14.7. The van der Waals surface area contributed by atoms with Gasteiger partial charge in [-0.3, -0.25) is 4.79 Å². The van der Waals surface area contributed by atoms with E-state index in [-0.39, 0.29) is 17.9 Å². The molecule has 176 valence electrons. The summed E-state index contributed by atoms with van der Waals surface area (Å²) in [6.07, 6.45) is 2.72. The molecule has 0 amide bonds. The molecule has 0 fully saturated rings. The zero-order valence-electron chi connectivity index (χ0n) is 18.9. The fourth-order valence-corrected chi connectivity index (χ4v) is 5.66. The molecule has 1 heterocycles. The lowest BCUT2D eigenvalue weighted by molar-refractivity contribution is 0.0132. The first-order valence-corrected chi connectivity index (χ1v) is 12.4. The topological polar surface area (TPSA) is 68.0 Å². The van der Waals surface area contributed by atoms with Gasteiger partial charge in [0, 0.05) is 32.6 Å². The Morgan fingerprint density at radius 1 is 1.12 bits per heavy atom. The number of carbonyl (C=O) groups is 1. The van der Waals surface area contributed by atoms with Crippen LogP contribution in [0.25, 0.3) is 0 Å². The van der Waals surface area contributed by atoms with Gasteiger partial charge in [-0.1, -0.05) is 39.0 Å². The molecule has 0 aliphatic carbocycles. The molecular weight excluding hydrogens is 464 g/mol. The molecule has 5 nitrogen and oxygen atoms in total. The van der Waals surface area contributed by atoms with E-state index in [0.717, 1.165) is 17.0 Å². The van der Waals surface area contributed by atoms with Crippen LogP contribution < -0.4 is 0 Å². The summed E-state index contributed by atoms with van der Waals surface area (Å²) in [4.78, 5) is 18.0. The van der Waals surface area contributed by atoms with Crippen LogP contribution in [0.3, 0.4) is 0 Å². The van der Waals surface area contributed by atoms with E-state index in [1.54, 1.807) is 37.7 Å². The van der Waals surface area contributed by atoms with Crippen molar-refractivity contribution in [3.8, 4) is 0 Å². The molecule has 0 aliphatic heterocycles. The van der Waals surface area contributed by atoms with Gasteiger partial charge in [0.2, 0.25) is 0 Å². The van der Waals surface area contributed by atoms with Gasteiger partial charge in [0.05, 0.1) is 11.8 Å². The van der Waals surface area contributed by atoms with Crippen LogP contribution in [0.15, 0.2) is 60.0 Å². The minimum atomic E-state index is -1.76. The lowest BCUT2D eigenvalue weighted by atomic mass is 9.90.